The summed E-state index contributed by atoms with van der Waals surface area (Å²) in [6.45, 7) is 0. The summed E-state index contributed by atoms with van der Waals surface area (Å²) in [5.41, 5.74) is -0.886. The molecular formula is C18H18N2O. The van der Waals surface area contributed by atoms with Crippen molar-refractivity contribution in [2.45, 2.75) is 38.5 Å². The van der Waals surface area contributed by atoms with Gasteiger partial charge in [0, 0.05) is 11.0 Å². The van der Waals surface area contributed by atoms with E-state index in [4.69, 9.17) is 0 Å². The van der Waals surface area contributed by atoms with Gasteiger partial charge in [0.2, 0.25) is 0 Å². The molecule has 2 aliphatic rings. The molecule has 2 aliphatic carbocycles. The zero-order valence-electron chi connectivity index (χ0n) is 12.0. The van der Waals surface area contributed by atoms with Crippen LogP contribution in [-0.2, 0) is 0 Å². The molecule has 3 rings (SSSR count). The molecule has 1 spiro atoms. The molecule has 1 atom stereocenters. The normalized spacial score (nSPS) is 25.3. The van der Waals surface area contributed by atoms with E-state index >= 15 is 0 Å². The minimum Gasteiger partial charge on any atom is -0.294 e. The summed E-state index contributed by atoms with van der Waals surface area (Å²) in [6.07, 6.45) is 5.98. The summed E-state index contributed by atoms with van der Waals surface area (Å²) in [5, 5.41) is 19.2. The molecule has 21 heavy (non-hydrogen) atoms. The first-order valence-electron chi connectivity index (χ1n) is 7.64. The summed E-state index contributed by atoms with van der Waals surface area (Å²) in [7, 11) is 0. The lowest BCUT2D eigenvalue weighted by molar-refractivity contribution is 0.0942. The van der Waals surface area contributed by atoms with Crippen molar-refractivity contribution in [3.63, 3.8) is 0 Å². The van der Waals surface area contributed by atoms with Crippen LogP contribution in [0.2, 0.25) is 0 Å². The maximum atomic E-state index is 12.8. The van der Waals surface area contributed by atoms with Gasteiger partial charge in [0.15, 0.2) is 11.2 Å². The summed E-state index contributed by atoms with van der Waals surface area (Å²) in [5.74, 6) is -0.471. The van der Waals surface area contributed by atoms with Crippen molar-refractivity contribution >= 4 is 5.78 Å². The number of nitriles is 2. The van der Waals surface area contributed by atoms with Crippen molar-refractivity contribution in [3.8, 4) is 12.1 Å². The number of nitrogens with zero attached hydrogens (tertiary/aromatic N) is 2. The average molecular weight is 278 g/mol. The van der Waals surface area contributed by atoms with Crippen molar-refractivity contribution in [3.05, 3.63) is 35.9 Å². The Kier molecular flexibility index (Phi) is 3.30. The van der Waals surface area contributed by atoms with Crippen molar-refractivity contribution in [2.75, 3.05) is 0 Å². The zero-order valence-corrected chi connectivity index (χ0v) is 12.0. The highest BCUT2D eigenvalue weighted by atomic mass is 16.1. The Labute approximate surface area is 125 Å². The average Bonchev–Trinajstić information content (AvgIpc) is 3.20. The van der Waals surface area contributed by atoms with E-state index in [9.17, 15) is 15.3 Å². The first kappa shape index (κ1) is 13.8. The maximum Gasteiger partial charge on any atom is 0.169 e. The van der Waals surface area contributed by atoms with Gasteiger partial charge in [-0.15, -0.1) is 0 Å². The van der Waals surface area contributed by atoms with Crippen LogP contribution in [0.25, 0.3) is 0 Å². The fraction of sp³-hybridized carbons (Fsp3) is 0.500. The molecule has 3 nitrogen and oxygen atoms in total. The SMILES string of the molecule is N#CC1(C#N)[C@H](C(=O)c2ccccc2)C12CCCCCC2. The van der Waals surface area contributed by atoms with Crippen molar-refractivity contribution in [2.24, 2.45) is 16.7 Å². The molecule has 0 aliphatic heterocycles. The molecule has 0 bridgehead atoms. The lowest BCUT2D eigenvalue weighted by Gasteiger charge is -2.14. The fourth-order valence-electron chi connectivity index (χ4n) is 4.23. The smallest absolute Gasteiger partial charge is 0.169 e. The van der Waals surface area contributed by atoms with Gasteiger partial charge >= 0.3 is 0 Å². The highest BCUT2D eigenvalue weighted by Crippen LogP contribution is 2.74. The third kappa shape index (κ3) is 1.81. The summed E-state index contributed by atoms with van der Waals surface area (Å²) >= 11 is 0. The summed E-state index contributed by atoms with van der Waals surface area (Å²) < 4.78 is 0. The van der Waals surface area contributed by atoms with Crippen LogP contribution in [0.5, 0.6) is 0 Å². The molecule has 0 N–H and O–H groups in total. The van der Waals surface area contributed by atoms with Gasteiger partial charge in [-0.05, 0) is 12.8 Å². The van der Waals surface area contributed by atoms with Crippen LogP contribution in [0.1, 0.15) is 48.9 Å². The van der Waals surface area contributed by atoms with Gasteiger partial charge < -0.3 is 0 Å². The molecule has 2 fully saturated rings. The van der Waals surface area contributed by atoms with E-state index in [0.717, 1.165) is 38.5 Å². The monoisotopic (exact) mass is 278 g/mol. The van der Waals surface area contributed by atoms with Gasteiger partial charge in [0.25, 0.3) is 0 Å². The number of benzene rings is 1. The van der Waals surface area contributed by atoms with Gasteiger partial charge in [-0.25, -0.2) is 0 Å². The van der Waals surface area contributed by atoms with Crippen LogP contribution in [-0.4, -0.2) is 5.78 Å². The van der Waals surface area contributed by atoms with E-state index in [-0.39, 0.29) is 5.78 Å². The van der Waals surface area contributed by atoms with Crippen molar-refractivity contribution < 1.29 is 4.79 Å². The quantitative estimate of drug-likeness (QED) is 0.771. The van der Waals surface area contributed by atoms with E-state index in [1.54, 1.807) is 12.1 Å². The molecule has 0 radical (unpaired) electrons. The Morgan fingerprint density at radius 1 is 1.00 bits per heavy atom. The number of carbonyl (C=O) groups is 1. The van der Waals surface area contributed by atoms with Crippen LogP contribution in [0.4, 0.5) is 0 Å². The summed E-state index contributed by atoms with van der Waals surface area (Å²) in [6, 6.07) is 13.5. The van der Waals surface area contributed by atoms with Crippen LogP contribution < -0.4 is 0 Å². The third-order valence-corrected chi connectivity index (χ3v) is 5.36. The zero-order chi connectivity index (χ0) is 14.9. The molecule has 0 amide bonds. The Morgan fingerprint density at radius 2 is 1.57 bits per heavy atom. The first-order valence-corrected chi connectivity index (χ1v) is 7.64. The number of ketones is 1. The number of rotatable bonds is 2. The fourth-order valence-corrected chi connectivity index (χ4v) is 4.23. The van der Waals surface area contributed by atoms with Gasteiger partial charge in [-0.2, -0.15) is 10.5 Å². The van der Waals surface area contributed by atoms with Crippen molar-refractivity contribution in [1.29, 1.82) is 10.5 Å². The molecule has 0 aromatic heterocycles. The van der Waals surface area contributed by atoms with E-state index in [1.807, 2.05) is 18.2 Å². The van der Waals surface area contributed by atoms with E-state index in [2.05, 4.69) is 12.1 Å². The number of hydrogen-bond donors (Lipinski definition) is 0. The van der Waals surface area contributed by atoms with Gasteiger partial charge in [-0.1, -0.05) is 56.0 Å². The Morgan fingerprint density at radius 3 is 2.10 bits per heavy atom. The molecule has 1 aromatic rings. The highest BCUT2D eigenvalue weighted by molar-refractivity contribution is 6.02. The Balaban J connectivity index is 1.99. The van der Waals surface area contributed by atoms with E-state index < -0.39 is 16.7 Å². The number of hydrogen-bond acceptors (Lipinski definition) is 3. The molecule has 0 unspecified atom stereocenters. The van der Waals surface area contributed by atoms with Gasteiger partial charge in [0.1, 0.15) is 0 Å². The minimum absolute atomic E-state index is 0.0272. The van der Waals surface area contributed by atoms with Gasteiger partial charge in [-0.3, -0.25) is 4.79 Å². The van der Waals surface area contributed by atoms with Crippen LogP contribution in [0.3, 0.4) is 0 Å². The first-order chi connectivity index (χ1) is 10.2. The second-order valence-corrected chi connectivity index (χ2v) is 6.27. The van der Waals surface area contributed by atoms with Crippen LogP contribution >= 0.6 is 0 Å². The maximum absolute atomic E-state index is 12.8. The molecule has 1 aromatic carbocycles. The second kappa shape index (κ2) is 5.01. The predicted octanol–water partition coefficient (Wildman–Crippen LogP) is 3.87. The van der Waals surface area contributed by atoms with E-state index in [0.29, 0.717) is 5.56 Å². The van der Waals surface area contributed by atoms with Crippen molar-refractivity contribution in [1.82, 2.24) is 0 Å². The molecular weight excluding hydrogens is 260 g/mol. The molecule has 106 valence electrons. The van der Waals surface area contributed by atoms with E-state index in [1.165, 1.54) is 0 Å². The molecule has 3 heteroatoms. The summed E-state index contributed by atoms with van der Waals surface area (Å²) in [4.78, 5) is 12.8. The number of carbonyl (C=O) groups excluding carboxylic acids is 1. The topological polar surface area (TPSA) is 64.7 Å². The van der Waals surface area contributed by atoms with Gasteiger partial charge in [0.05, 0.1) is 18.1 Å². The largest absolute Gasteiger partial charge is 0.294 e. The predicted molar refractivity (Wildman–Crippen MR) is 78.1 cm³/mol. The third-order valence-electron chi connectivity index (χ3n) is 5.36. The standard InChI is InChI=1S/C18H18N2O/c19-12-18(13-20)16(15(21)14-8-4-3-5-9-14)17(18)10-6-1-2-7-11-17/h3-5,8-9,16H,1-2,6-7,10-11H2/t16-/m1/s1. The minimum atomic E-state index is -1.11. The highest BCUT2D eigenvalue weighted by Gasteiger charge is 2.80. The Hall–Kier alpha value is -2.13. The second-order valence-electron chi connectivity index (χ2n) is 6.27. The molecule has 0 saturated heterocycles. The lowest BCUT2D eigenvalue weighted by atomic mass is 9.87. The lowest BCUT2D eigenvalue weighted by Crippen LogP contribution is -2.11. The van der Waals surface area contributed by atoms with Crippen LogP contribution in [0.15, 0.2) is 30.3 Å². The van der Waals surface area contributed by atoms with Crippen LogP contribution in [0, 0.1) is 39.4 Å². The molecule has 0 heterocycles. The Bertz CT molecular complexity index is 613. The molecule has 2 saturated carbocycles. The number of Topliss-reactive ketones (excluding diaryl/α,β-unsaturated/α-hetero) is 1.